The van der Waals surface area contributed by atoms with Crippen molar-refractivity contribution >= 4 is 28.5 Å². The Kier molecular flexibility index (Phi) is 6.51. The maximum Gasteiger partial charge on any atom is 1.00 e. The van der Waals surface area contributed by atoms with Crippen LogP contribution in [0.5, 0.6) is 0 Å². The summed E-state index contributed by atoms with van der Waals surface area (Å²) in [5, 5.41) is 21.3. The molecule has 1 aliphatic carbocycles. The second-order valence-corrected chi connectivity index (χ2v) is 6.16. The zero-order chi connectivity index (χ0) is 16.6. The zero-order valence-corrected chi connectivity index (χ0v) is 16.2. The number of hydrogen-bond donors (Lipinski definition) is 1. The monoisotopic (exact) mass is 358 g/mol. The molecule has 0 radical (unpaired) electrons. The summed E-state index contributed by atoms with van der Waals surface area (Å²) in [5.74, 6) is -1.99. The summed E-state index contributed by atoms with van der Waals surface area (Å²) < 4.78 is 5.43. The largest absolute Gasteiger partial charge is 1.00 e. The van der Waals surface area contributed by atoms with Gasteiger partial charge < -0.3 is 19.4 Å². The van der Waals surface area contributed by atoms with Crippen LogP contribution in [0.15, 0.2) is 21.3 Å². The van der Waals surface area contributed by atoms with Crippen LogP contribution in [0, 0.1) is 0 Å². The first-order valence-corrected chi connectivity index (χ1v) is 8.11. The molecule has 1 N–H and O–H groups in total. The molecule has 1 aromatic carbocycles. The minimum Gasteiger partial charge on any atom is -0.542 e. The molecule has 24 heavy (non-hydrogen) atoms. The van der Waals surface area contributed by atoms with Crippen molar-refractivity contribution in [3.63, 3.8) is 0 Å². The van der Waals surface area contributed by atoms with E-state index in [9.17, 15) is 19.8 Å². The number of fused-ring (bicyclic) bond motifs is 2. The third kappa shape index (κ3) is 3.70. The molecular weight excluding hydrogens is 343 g/mol. The molecule has 0 saturated heterocycles. The van der Waals surface area contributed by atoms with Crippen LogP contribution in [-0.2, 0) is 19.3 Å². The van der Waals surface area contributed by atoms with Crippen LogP contribution >= 0.6 is 11.6 Å². The van der Waals surface area contributed by atoms with E-state index >= 15 is 0 Å². The fraction of sp³-hybridized carbons (Fsp3) is 0.412. The van der Waals surface area contributed by atoms with Gasteiger partial charge in [-0.3, -0.25) is 4.79 Å². The van der Waals surface area contributed by atoms with Crippen molar-refractivity contribution in [1.29, 1.82) is 0 Å². The van der Waals surface area contributed by atoms with E-state index in [-0.39, 0.29) is 47.4 Å². The Morgan fingerprint density at radius 2 is 2.04 bits per heavy atom. The van der Waals surface area contributed by atoms with Crippen LogP contribution in [-0.4, -0.2) is 23.1 Å². The van der Waals surface area contributed by atoms with E-state index in [1.54, 1.807) is 6.07 Å². The third-order valence-electron chi connectivity index (χ3n) is 4.27. The zero-order valence-electron chi connectivity index (χ0n) is 13.4. The Labute approximate surface area is 165 Å². The van der Waals surface area contributed by atoms with Crippen molar-refractivity contribution in [3.8, 4) is 0 Å². The van der Waals surface area contributed by atoms with Gasteiger partial charge in [0.25, 0.3) is 0 Å². The van der Waals surface area contributed by atoms with Crippen molar-refractivity contribution in [2.75, 3.05) is 5.88 Å². The molecule has 2 aromatic rings. The van der Waals surface area contributed by atoms with Crippen LogP contribution in [0.4, 0.5) is 0 Å². The molecule has 0 saturated carbocycles. The van der Waals surface area contributed by atoms with E-state index in [1.807, 2.05) is 0 Å². The van der Waals surface area contributed by atoms with E-state index in [2.05, 4.69) is 0 Å². The normalized spacial score (nSPS) is 14.8. The molecule has 1 aromatic heterocycles. The molecule has 0 spiro atoms. The van der Waals surface area contributed by atoms with Gasteiger partial charge in [0.1, 0.15) is 11.6 Å². The van der Waals surface area contributed by atoms with Gasteiger partial charge in [-0.1, -0.05) is 0 Å². The van der Waals surface area contributed by atoms with Crippen LogP contribution in [0.1, 0.15) is 40.1 Å². The maximum absolute atomic E-state index is 12.3. The van der Waals surface area contributed by atoms with Gasteiger partial charge >= 0.3 is 29.6 Å². The predicted molar refractivity (Wildman–Crippen MR) is 83.9 cm³/mol. The molecule has 122 valence electrons. The number of benzene rings is 1. The fourth-order valence-corrected chi connectivity index (χ4v) is 3.32. The average Bonchev–Trinajstić information content (AvgIpc) is 2.54. The van der Waals surface area contributed by atoms with Crippen LogP contribution < -0.4 is 40.1 Å². The Hall–Kier alpha value is -0.850. The number of alkyl halides is 1. The van der Waals surface area contributed by atoms with Crippen LogP contribution in [0.3, 0.4) is 0 Å². The minimum absolute atomic E-state index is 0. The summed E-state index contributed by atoms with van der Waals surface area (Å²) >= 11 is 5.70. The SMILES string of the molecule is O=C([O-])c1cc(=O)c2cc3c(c(CC(O)CCl)c2o1)CCCC3.[Na+]. The number of carboxylic acid groups (broad SMARTS) is 1. The van der Waals surface area contributed by atoms with E-state index in [1.165, 1.54) is 0 Å². The summed E-state index contributed by atoms with van der Waals surface area (Å²) in [6.45, 7) is 0. The smallest absolute Gasteiger partial charge is 0.542 e. The number of aliphatic hydroxyl groups excluding tert-OH is 1. The van der Waals surface area contributed by atoms with Gasteiger partial charge in [-0.15, -0.1) is 11.6 Å². The molecule has 0 fully saturated rings. The van der Waals surface area contributed by atoms with E-state index < -0.39 is 23.3 Å². The van der Waals surface area contributed by atoms with Crippen molar-refractivity contribution < 1.29 is 49.0 Å². The number of aliphatic hydroxyl groups is 1. The topological polar surface area (TPSA) is 90.6 Å². The summed E-state index contributed by atoms with van der Waals surface area (Å²) in [6, 6.07) is 2.72. The van der Waals surface area contributed by atoms with Gasteiger partial charge in [0.15, 0.2) is 11.2 Å². The first kappa shape index (κ1) is 19.5. The summed E-state index contributed by atoms with van der Waals surface area (Å²) in [6.07, 6.45) is 3.16. The average molecular weight is 359 g/mol. The minimum atomic E-state index is -1.54. The number of carbonyl (C=O) groups is 1. The molecule has 0 bridgehead atoms. The second-order valence-electron chi connectivity index (χ2n) is 5.85. The Morgan fingerprint density at radius 1 is 1.33 bits per heavy atom. The Balaban J connectivity index is 0.00000208. The third-order valence-corrected chi connectivity index (χ3v) is 4.63. The van der Waals surface area contributed by atoms with Gasteiger partial charge in [0, 0.05) is 23.9 Å². The van der Waals surface area contributed by atoms with Gasteiger partial charge in [-0.25, -0.2) is 0 Å². The number of rotatable bonds is 4. The van der Waals surface area contributed by atoms with Crippen molar-refractivity contribution in [1.82, 2.24) is 0 Å². The molecule has 0 aliphatic heterocycles. The van der Waals surface area contributed by atoms with Crippen molar-refractivity contribution in [3.05, 3.63) is 44.8 Å². The number of hydrogen-bond acceptors (Lipinski definition) is 5. The quantitative estimate of drug-likeness (QED) is 0.513. The van der Waals surface area contributed by atoms with Crippen molar-refractivity contribution in [2.45, 2.75) is 38.2 Å². The number of aryl methyl sites for hydroxylation is 1. The molecule has 1 unspecified atom stereocenters. The number of carbonyl (C=O) groups excluding carboxylic acids is 1. The number of aromatic carboxylic acids is 1. The molecule has 1 aliphatic rings. The first-order chi connectivity index (χ1) is 11.0. The first-order valence-electron chi connectivity index (χ1n) is 7.58. The number of carboxylic acids is 1. The molecule has 5 nitrogen and oxygen atoms in total. The molecule has 1 atom stereocenters. The van der Waals surface area contributed by atoms with Gasteiger partial charge in [0.05, 0.1) is 11.5 Å². The molecule has 0 amide bonds. The Morgan fingerprint density at radius 3 is 2.71 bits per heavy atom. The summed E-state index contributed by atoms with van der Waals surface area (Å²) in [5.41, 5.74) is 2.59. The van der Waals surface area contributed by atoms with E-state index in [0.717, 1.165) is 42.9 Å². The van der Waals surface area contributed by atoms with Crippen LogP contribution in [0.2, 0.25) is 0 Å². The molecule has 1 heterocycles. The van der Waals surface area contributed by atoms with Crippen molar-refractivity contribution in [2.24, 2.45) is 0 Å². The standard InChI is InChI=1S/C17H17ClO5.Na/c18-8-10(19)6-12-11-4-2-1-3-9(11)5-13-14(20)7-15(17(21)22)23-16(12)13;/h5,7,10,19H,1-4,6,8H2,(H,21,22);/q;+1/p-1. The maximum atomic E-state index is 12.3. The van der Waals surface area contributed by atoms with Gasteiger partial charge in [-0.05, 0) is 42.9 Å². The van der Waals surface area contributed by atoms with E-state index in [4.69, 9.17) is 16.0 Å². The molecular formula is C17H16ClNaO5. The fourth-order valence-electron chi connectivity index (χ4n) is 3.21. The summed E-state index contributed by atoms with van der Waals surface area (Å²) in [4.78, 5) is 23.3. The Bertz CT molecular complexity index is 830. The molecule has 3 rings (SSSR count). The molecule has 7 heteroatoms. The summed E-state index contributed by atoms with van der Waals surface area (Å²) in [7, 11) is 0. The predicted octanol–water partition coefficient (Wildman–Crippen LogP) is -1.82. The van der Waals surface area contributed by atoms with E-state index in [0.29, 0.717) is 10.9 Å². The van der Waals surface area contributed by atoms with Crippen LogP contribution in [0.25, 0.3) is 11.0 Å². The van der Waals surface area contributed by atoms with Gasteiger partial charge in [-0.2, -0.15) is 0 Å². The second kappa shape index (κ2) is 8.02. The number of halogens is 1. The van der Waals surface area contributed by atoms with Gasteiger partial charge in [0.2, 0.25) is 0 Å².